The third-order valence-electron chi connectivity index (χ3n) is 4.67. The SMILES string of the molecule is C#Cc1c([C@H]2CCOC[C@@H]2N)sc2c(NCc3ccco3)nc(Cl)nc12.O=C(O)C(F)(F)F. The van der Waals surface area contributed by atoms with Gasteiger partial charge in [0.15, 0.2) is 0 Å². The van der Waals surface area contributed by atoms with Crippen molar-refractivity contribution in [1.82, 2.24) is 9.97 Å². The molecule has 4 rings (SSSR count). The summed E-state index contributed by atoms with van der Waals surface area (Å²) in [5.74, 6) is 1.61. The van der Waals surface area contributed by atoms with E-state index in [0.717, 1.165) is 27.3 Å². The van der Waals surface area contributed by atoms with Gasteiger partial charge in [0.2, 0.25) is 5.28 Å². The molecule has 0 amide bonds. The quantitative estimate of drug-likeness (QED) is 0.361. The fraction of sp³-hybridized carbons (Fsp3) is 0.350. The van der Waals surface area contributed by atoms with Gasteiger partial charge < -0.3 is 25.3 Å². The summed E-state index contributed by atoms with van der Waals surface area (Å²) in [4.78, 5) is 18.7. The predicted molar refractivity (Wildman–Crippen MR) is 116 cm³/mol. The van der Waals surface area contributed by atoms with Gasteiger partial charge in [-0.3, -0.25) is 0 Å². The molecule has 0 unspecified atom stereocenters. The maximum Gasteiger partial charge on any atom is 0.490 e. The molecule has 1 saturated heterocycles. The number of alkyl halides is 3. The van der Waals surface area contributed by atoms with E-state index in [1.807, 2.05) is 12.1 Å². The fourth-order valence-electron chi connectivity index (χ4n) is 3.16. The second-order valence-electron chi connectivity index (χ2n) is 6.87. The highest BCUT2D eigenvalue weighted by Gasteiger charge is 2.38. The van der Waals surface area contributed by atoms with E-state index in [1.165, 1.54) is 0 Å². The number of halogens is 4. The van der Waals surface area contributed by atoms with Crippen LogP contribution < -0.4 is 11.1 Å². The molecule has 176 valence electrons. The lowest BCUT2D eigenvalue weighted by Gasteiger charge is -2.28. The Hall–Kier alpha value is -2.85. The summed E-state index contributed by atoms with van der Waals surface area (Å²) in [7, 11) is 0. The standard InChI is InChI=1S/C18H17ClN4O2S.C2HF3O2/c1-2-11-14-16(26-15(11)12-5-7-24-9-13(12)20)17(23-18(19)22-14)21-8-10-4-3-6-25-10;3-2(4,5)1(6)7/h1,3-4,6,12-13H,5,7-9,20H2,(H,21,22,23);(H,6,7)/t12-,13-;/m0./s1. The molecule has 4 N–H and O–H groups in total. The lowest BCUT2D eigenvalue weighted by Crippen LogP contribution is -2.37. The Bertz CT molecular complexity index is 1160. The molecule has 0 bridgehead atoms. The Morgan fingerprint density at radius 3 is 2.76 bits per heavy atom. The van der Waals surface area contributed by atoms with Crippen LogP contribution in [-0.4, -0.2) is 46.5 Å². The van der Waals surface area contributed by atoms with Gasteiger partial charge in [0, 0.05) is 23.4 Å². The summed E-state index contributed by atoms with van der Waals surface area (Å²) in [5, 5.41) is 10.5. The van der Waals surface area contributed by atoms with Gasteiger partial charge >= 0.3 is 12.1 Å². The number of terminal acetylenes is 1. The molecule has 1 aliphatic heterocycles. The molecule has 3 aromatic rings. The number of carbonyl (C=O) groups is 1. The van der Waals surface area contributed by atoms with Crippen LogP contribution in [0.5, 0.6) is 0 Å². The first-order valence-electron chi connectivity index (χ1n) is 9.48. The Morgan fingerprint density at radius 1 is 1.45 bits per heavy atom. The molecule has 4 heterocycles. The number of carboxylic acids is 1. The van der Waals surface area contributed by atoms with Gasteiger partial charge in [0.25, 0.3) is 0 Å². The van der Waals surface area contributed by atoms with Crippen LogP contribution in [0.3, 0.4) is 0 Å². The molecule has 1 aliphatic rings. The van der Waals surface area contributed by atoms with Gasteiger partial charge in [0.05, 0.1) is 29.7 Å². The van der Waals surface area contributed by atoms with Gasteiger partial charge in [0.1, 0.15) is 17.1 Å². The Balaban J connectivity index is 0.000000383. The van der Waals surface area contributed by atoms with E-state index in [-0.39, 0.29) is 17.2 Å². The molecule has 3 aromatic heterocycles. The summed E-state index contributed by atoms with van der Waals surface area (Å²) in [6.07, 6.45) is 3.19. The van der Waals surface area contributed by atoms with E-state index in [4.69, 9.17) is 42.8 Å². The van der Waals surface area contributed by atoms with Crippen molar-refractivity contribution in [3.63, 3.8) is 0 Å². The van der Waals surface area contributed by atoms with Crippen LogP contribution in [0.25, 0.3) is 10.2 Å². The summed E-state index contributed by atoms with van der Waals surface area (Å²) in [5.41, 5.74) is 7.71. The summed E-state index contributed by atoms with van der Waals surface area (Å²) >= 11 is 7.72. The summed E-state index contributed by atoms with van der Waals surface area (Å²) in [6.45, 7) is 1.69. The fourth-order valence-corrected chi connectivity index (χ4v) is 4.71. The molecule has 2 atom stereocenters. The Labute approximate surface area is 194 Å². The zero-order valence-corrected chi connectivity index (χ0v) is 18.4. The van der Waals surface area contributed by atoms with Gasteiger partial charge in [-0.2, -0.15) is 18.2 Å². The van der Waals surface area contributed by atoms with Crippen molar-refractivity contribution in [3.8, 4) is 12.3 Å². The van der Waals surface area contributed by atoms with Crippen molar-refractivity contribution in [3.05, 3.63) is 39.9 Å². The number of aromatic nitrogens is 2. The van der Waals surface area contributed by atoms with Crippen molar-refractivity contribution in [1.29, 1.82) is 0 Å². The van der Waals surface area contributed by atoms with Crippen molar-refractivity contribution in [2.24, 2.45) is 5.73 Å². The number of nitrogens with zero attached hydrogens (tertiary/aromatic N) is 2. The van der Waals surface area contributed by atoms with E-state index in [2.05, 4.69) is 21.2 Å². The highest BCUT2D eigenvalue weighted by molar-refractivity contribution is 7.20. The number of nitrogens with two attached hydrogens (primary N) is 1. The highest BCUT2D eigenvalue weighted by atomic mass is 35.5. The number of fused-ring (bicyclic) bond motifs is 1. The van der Waals surface area contributed by atoms with Crippen LogP contribution in [-0.2, 0) is 16.1 Å². The lowest BCUT2D eigenvalue weighted by molar-refractivity contribution is -0.192. The minimum absolute atomic E-state index is 0.0909. The second-order valence-corrected chi connectivity index (χ2v) is 8.26. The number of rotatable bonds is 4. The number of nitrogens with one attached hydrogen (secondary N) is 1. The zero-order valence-electron chi connectivity index (χ0n) is 16.9. The topological polar surface area (TPSA) is 124 Å². The van der Waals surface area contributed by atoms with Crippen molar-refractivity contribution in [2.75, 3.05) is 18.5 Å². The molecule has 8 nitrogen and oxygen atoms in total. The molecule has 0 aliphatic carbocycles. The van der Waals surface area contributed by atoms with E-state index in [9.17, 15) is 13.2 Å². The molecular formula is C20H18ClF3N4O4S. The lowest BCUT2D eigenvalue weighted by atomic mass is 9.91. The number of hydrogen-bond donors (Lipinski definition) is 3. The maximum atomic E-state index is 10.6. The molecule has 33 heavy (non-hydrogen) atoms. The average molecular weight is 503 g/mol. The van der Waals surface area contributed by atoms with Crippen LogP contribution in [0.1, 0.15) is 28.5 Å². The van der Waals surface area contributed by atoms with Gasteiger partial charge in [-0.15, -0.1) is 17.8 Å². The van der Waals surface area contributed by atoms with Crippen LogP contribution in [0.4, 0.5) is 19.0 Å². The first kappa shape index (κ1) is 24.8. The smallest absolute Gasteiger partial charge is 0.475 e. The minimum Gasteiger partial charge on any atom is -0.475 e. The third-order valence-corrected chi connectivity index (χ3v) is 6.15. The largest absolute Gasteiger partial charge is 0.490 e. The molecule has 13 heteroatoms. The van der Waals surface area contributed by atoms with Crippen molar-refractivity contribution >= 4 is 44.9 Å². The average Bonchev–Trinajstić information content (AvgIpc) is 3.39. The Morgan fingerprint density at radius 2 is 2.18 bits per heavy atom. The predicted octanol–water partition coefficient (Wildman–Crippen LogP) is 4.00. The number of carboxylic acid groups (broad SMARTS) is 1. The monoisotopic (exact) mass is 502 g/mol. The second kappa shape index (κ2) is 10.4. The van der Waals surface area contributed by atoms with E-state index < -0.39 is 12.1 Å². The number of ether oxygens (including phenoxy) is 1. The van der Waals surface area contributed by atoms with Crippen LogP contribution in [0.2, 0.25) is 5.28 Å². The third kappa shape index (κ3) is 5.94. The van der Waals surface area contributed by atoms with Gasteiger partial charge in [-0.1, -0.05) is 5.92 Å². The van der Waals surface area contributed by atoms with Crippen LogP contribution in [0.15, 0.2) is 22.8 Å². The van der Waals surface area contributed by atoms with Crippen LogP contribution in [0, 0.1) is 12.3 Å². The minimum atomic E-state index is -5.08. The summed E-state index contributed by atoms with van der Waals surface area (Å²) in [6, 6.07) is 3.64. The van der Waals surface area contributed by atoms with Crippen molar-refractivity contribution < 1.29 is 32.2 Å². The number of hydrogen-bond acceptors (Lipinski definition) is 8. The van der Waals surface area contributed by atoms with E-state index >= 15 is 0 Å². The summed E-state index contributed by atoms with van der Waals surface area (Å²) < 4.78 is 43.4. The molecule has 0 spiro atoms. The number of aliphatic carboxylic acids is 1. The Kier molecular flexibility index (Phi) is 7.80. The van der Waals surface area contributed by atoms with E-state index in [1.54, 1.807) is 17.6 Å². The first-order chi connectivity index (χ1) is 15.6. The number of thiophene rings is 1. The van der Waals surface area contributed by atoms with Gasteiger partial charge in [-0.25, -0.2) is 9.78 Å². The maximum absolute atomic E-state index is 10.6. The molecule has 1 fully saturated rings. The molecule has 0 radical (unpaired) electrons. The number of furan rings is 1. The highest BCUT2D eigenvalue weighted by Crippen LogP contribution is 2.41. The van der Waals surface area contributed by atoms with Gasteiger partial charge in [-0.05, 0) is 30.2 Å². The van der Waals surface area contributed by atoms with Crippen molar-refractivity contribution in [2.45, 2.75) is 31.1 Å². The van der Waals surface area contributed by atoms with E-state index in [0.29, 0.717) is 31.1 Å². The molecule has 0 saturated carbocycles. The first-order valence-corrected chi connectivity index (χ1v) is 10.7. The normalized spacial score (nSPS) is 18.3. The zero-order chi connectivity index (χ0) is 24.2. The molecule has 0 aromatic carbocycles. The number of anilines is 1. The van der Waals surface area contributed by atoms with Crippen LogP contribution >= 0.6 is 22.9 Å². The molecular weight excluding hydrogens is 485 g/mol.